The monoisotopic (exact) mass is 300 g/mol. The highest BCUT2D eigenvalue weighted by Crippen LogP contribution is 2.14. The van der Waals surface area contributed by atoms with Gasteiger partial charge in [0.15, 0.2) is 0 Å². The van der Waals surface area contributed by atoms with Crippen LogP contribution in [0.5, 0.6) is 0 Å². The topological polar surface area (TPSA) is 77.9 Å². The number of carbonyl (C=O) groups is 1. The smallest absolute Gasteiger partial charge is 0.251 e. The van der Waals surface area contributed by atoms with Gasteiger partial charge in [-0.2, -0.15) is 0 Å². The normalized spacial score (nSPS) is 9.53. The highest BCUT2D eigenvalue weighted by Gasteiger charge is 2.07. The zero-order valence-electron chi connectivity index (χ0n) is 8.86. The zero-order valence-corrected chi connectivity index (χ0v) is 10.4. The average molecular weight is 301 g/mol. The molecule has 0 unspecified atom stereocenters. The molecule has 0 bridgehead atoms. The van der Waals surface area contributed by atoms with Gasteiger partial charge in [-0.05, 0) is 30.2 Å². The SMILES string of the molecule is [N-]=[N+]=NCCCNC(=O)c1cc(F)cc(Br)c1. The fraction of sp³-hybridized carbons (Fsp3) is 0.300. The van der Waals surface area contributed by atoms with Crippen LogP contribution in [-0.2, 0) is 0 Å². The Balaban J connectivity index is 2.49. The molecule has 17 heavy (non-hydrogen) atoms. The van der Waals surface area contributed by atoms with Crippen LogP contribution in [0.15, 0.2) is 27.8 Å². The van der Waals surface area contributed by atoms with Crippen molar-refractivity contribution in [3.05, 3.63) is 44.5 Å². The molecule has 90 valence electrons. The molecule has 5 nitrogen and oxygen atoms in total. The molecule has 0 atom stereocenters. The van der Waals surface area contributed by atoms with Crippen molar-refractivity contribution in [3.8, 4) is 0 Å². The molecule has 1 aromatic carbocycles. The summed E-state index contributed by atoms with van der Waals surface area (Å²) in [5, 5.41) is 5.93. The first kappa shape index (κ1) is 13.5. The molecule has 0 spiro atoms. The third kappa shape index (κ3) is 4.84. The van der Waals surface area contributed by atoms with Crippen LogP contribution >= 0.6 is 15.9 Å². The highest BCUT2D eigenvalue weighted by molar-refractivity contribution is 9.10. The van der Waals surface area contributed by atoms with Crippen molar-refractivity contribution in [1.29, 1.82) is 0 Å². The molecule has 0 aliphatic carbocycles. The van der Waals surface area contributed by atoms with Crippen LogP contribution in [0.25, 0.3) is 10.4 Å². The van der Waals surface area contributed by atoms with Crippen LogP contribution in [0, 0.1) is 5.82 Å². The Hall–Kier alpha value is -1.59. The molecule has 0 fully saturated rings. The summed E-state index contributed by atoms with van der Waals surface area (Å²) in [5.41, 5.74) is 8.29. The number of nitrogens with zero attached hydrogens (tertiary/aromatic N) is 3. The molecular formula is C10H10BrFN4O. The lowest BCUT2D eigenvalue weighted by molar-refractivity contribution is 0.0953. The first-order valence-corrected chi connectivity index (χ1v) is 5.68. The lowest BCUT2D eigenvalue weighted by Gasteiger charge is -2.04. The van der Waals surface area contributed by atoms with Crippen LogP contribution in [0.4, 0.5) is 4.39 Å². The Morgan fingerprint density at radius 1 is 1.53 bits per heavy atom. The van der Waals surface area contributed by atoms with Crippen molar-refractivity contribution >= 4 is 21.8 Å². The van der Waals surface area contributed by atoms with Crippen molar-refractivity contribution in [3.63, 3.8) is 0 Å². The number of halogens is 2. The van der Waals surface area contributed by atoms with Crippen LogP contribution in [-0.4, -0.2) is 19.0 Å². The first-order valence-electron chi connectivity index (χ1n) is 4.88. The second-order valence-corrected chi connectivity index (χ2v) is 4.14. The summed E-state index contributed by atoms with van der Waals surface area (Å²) in [4.78, 5) is 14.2. The van der Waals surface area contributed by atoms with E-state index in [1.807, 2.05) is 0 Å². The van der Waals surface area contributed by atoms with E-state index >= 15 is 0 Å². The van der Waals surface area contributed by atoms with Gasteiger partial charge in [-0.1, -0.05) is 21.0 Å². The number of hydrogen-bond donors (Lipinski definition) is 1. The summed E-state index contributed by atoms with van der Waals surface area (Å²) in [6.45, 7) is 0.704. The molecule has 0 aliphatic rings. The van der Waals surface area contributed by atoms with Gasteiger partial charge < -0.3 is 5.32 Å². The van der Waals surface area contributed by atoms with E-state index in [4.69, 9.17) is 5.53 Å². The molecule has 0 radical (unpaired) electrons. The summed E-state index contributed by atoms with van der Waals surface area (Å²) in [6, 6.07) is 3.97. The van der Waals surface area contributed by atoms with E-state index in [1.165, 1.54) is 12.1 Å². The van der Waals surface area contributed by atoms with E-state index in [9.17, 15) is 9.18 Å². The predicted octanol–water partition coefficient (Wildman–Crippen LogP) is 3.02. The van der Waals surface area contributed by atoms with Gasteiger partial charge in [-0.25, -0.2) is 4.39 Å². The number of benzene rings is 1. The standard InChI is InChI=1S/C10H10BrFN4O/c11-8-4-7(5-9(12)6-8)10(17)14-2-1-3-15-16-13/h4-6H,1-3H2,(H,14,17). The van der Waals surface area contributed by atoms with E-state index in [-0.39, 0.29) is 11.5 Å². The molecule has 1 aromatic rings. The van der Waals surface area contributed by atoms with E-state index in [0.717, 1.165) is 6.07 Å². The van der Waals surface area contributed by atoms with Crippen molar-refractivity contribution in [2.24, 2.45) is 5.11 Å². The molecule has 7 heteroatoms. The third-order valence-corrected chi connectivity index (χ3v) is 2.37. The Kier molecular flexibility index (Phi) is 5.45. The molecule has 0 saturated heterocycles. The number of rotatable bonds is 5. The summed E-state index contributed by atoms with van der Waals surface area (Å²) in [7, 11) is 0. The van der Waals surface area contributed by atoms with Gasteiger partial charge in [-0.15, -0.1) is 0 Å². The number of amides is 1. The second kappa shape index (κ2) is 6.88. The Bertz CT molecular complexity index is 439. The zero-order chi connectivity index (χ0) is 12.7. The van der Waals surface area contributed by atoms with Crippen LogP contribution in [0.1, 0.15) is 16.8 Å². The average Bonchev–Trinajstić information content (AvgIpc) is 2.27. The summed E-state index contributed by atoms with van der Waals surface area (Å²) < 4.78 is 13.5. The maximum atomic E-state index is 13.0. The lowest BCUT2D eigenvalue weighted by atomic mass is 10.2. The summed E-state index contributed by atoms with van der Waals surface area (Å²) >= 11 is 3.11. The number of nitrogens with one attached hydrogen (secondary N) is 1. The third-order valence-electron chi connectivity index (χ3n) is 1.91. The molecule has 0 aromatic heterocycles. The fourth-order valence-corrected chi connectivity index (χ4v) is 1.65. The Labute approximate surface area is 106 Å². The highest BCUT2D eigenvalue weighted by atomic mass is 79.9. The Morgan fingerprint density at radius 2 is 2.29 bits per heavy atom. The minimum Gasteiger partial charge on any atom is -0.352 e. The van der Waals surface area contributed by atoms with Gasteiger partial charge in [0.2, 0.25) is 0 Å². The van der Waals surface area contributed by atoms with Gasteiger partial charge in [-0.3, -0.25) is 4.79 Å². The second-order valence-electron chi connectivity index (χ2n) is 3.22. The van der Waals surface area contributed by atoms with E-state index in [1.54, 1.807) is 0 Å². The van der Waals surface area contributed by atoms with Gasteiger partial charge in [0, 0.05) is 28.0 Å². The van der Waals surface area contributed by atoms with Crippen LogP contribution in [0.2, 0.25) is 0 Å². The number of carbonyl (C=O) groups excluding carboxylic acids is 1. The maximum Gasteiger partial charge on any atom is 0.251 e. The number of azide groups is 1. The minimum atomic E-state index is -0.474. The molecule has 0 saturated carbocycles. The van der Waals surface area contributed by atoms with Gasteiger partial charge in [0.25, 0.3) is 5.91 Å². The first-order chi connectivity index (χ1) is 8.13. The van der Waals surface area contributed by atoms with Crippen molar-refractivity contribution in [2.75, 3.05) is 13.1 Å². The van der Waals surface area contributed by atoms with Crippen LogP contribution in [0.3, 0.4) is 0 Å². The van der Waals surface area contributed by atoms with E-state index in [2.05, 4.69) is 31.3 Å². The van der Waals surface area contributed by atoms with Crippen molar-refractivity contribution in [2.45, 2.75) is 6.42 Å². The minimum absolute atomic E-state index is 0.251. The molecular weight excluding hydrogens is 291 g/mol. The van der Waals surface area contributed by atoms with E-state index in [0.29, 0.717) is 24.0 Å². The molecule has 0 heterocycles. The fourth-order valence-electron chi connectivity index (χ4n) is 1.18. The van der Waals surface area contributed by atoms with Crippen molar-refractivity contribution in [1.82, 2.24) is 5.32 Å². The van der Waals surface area contributed by atoms with E-state index < -0.39 is 5.82 Å². The molecule has 1 amide bonds. The Morgan fingerprint density at radius 3 is 2.94 bits per heavy atom. The maximum absolute atomic E-state index is 13.0. The molecule has 1 N–H and O–H groups in total. The summed E-state index contributed by atoms with van der Waals surface area (Å²) in [6.07, 6.45) is 0.548. The number of hydrogen-bond acceptors (Lipinski definition) is 2. The van der Waals surface area contributed by atoms with Crippen LogP contribution < -0.4 is 5.32 Å². The van der Waals surface area contributed by atoms with Gasteiger partial charge in [0.1, 0.15) is 5.82 Å². The quantitative estimate of drug-likeness (QED) is 0.386. The van der Waals surface area contributed by atoms with Gasteiger partial charge >= 0.3 is 0 Å². The molecule has 1 rings (SSSR count). The van der Waals surface area contributed by atoms with Gasteiger partial charge in [0.05, 0.1) is 0 Å². The predicted molar refractivity (Wildman–Crippen MR) is 65.1 cm³/mol. The summed E-state index contributed by atoms with van der Waals surface area (Å²) in [5.74, 6) is -0.829. The molecule has 0 aliphatic heterocycles. The largest absolute Gasteiger partial charge is 0.352 e. The van der Waals surface area contributed by atoms with Crippen molar-refractivity contribution < 1.29 is 9.18 Å². The lowest BCUT2D eigenvalue weighted by Crippen LogP contribution is -2.24.